The molecule has 182 valence electrons. The van der Waals surface area contributed by atoms with E-state index >= 15 is 0 Å². The zero-order valence-corrected chi connectivity index (χ0v) is 21.9. The molecule has 0 spiro atoms. The molecular weight excluding hydrogens is 503 g/mol. The molecule has 0 aliphatic heterocycles. The van der Waals surface area contributed by atoms with E-state index in [0.29, 0.717) is 38.6 Å². The van der Waals surface area contributed by atoms with E-state index in [9.17, 15) is 9.59 Å². The Balaban J connectivity index is 0.000000328. The third-order valence-electron chi connectivity index (χ3n) is 4.93. The van der Waals surface area contributed by atoms with Crippen molar-refractivity contribution in [2.75, 3.05) is 23.4 Å². The lowest BCUT2D eigenvalue weighted by Crippen LogP contribution is -2.22. The minimum Gasteiger partial charge on any atom is -0.466 e. The molecule has 1 saturated carbocycles. The maximum atomic E-state index is 12.7. The second kappa shape index (κ2) is 14.0. The number of nitrogens with zero attached hydrogens (tertiary/aromatic N) is 1. The summed E-state index contributed by atoms with van der Waals surface area (Å²) in [5, 5.41) is 9.91. The Morgan fingerprint density at radius 1 is 1.27 bits per heavy atom. The first-order valence-electron chi connectivity index (χ1n) is 10.7. The SMILES string of the molecule is CC(=O)OCC(C)CSN.Nc1nc(NC2CCCCC2)sc1C(=O)c1c(Cl)cccc1Cl. The number of aromatic nitrogens is 1. The van der Waals surface area contributed by atoms with Gasteiger partial charge in [0, 0.05) is 24.6 Å². The van der Waals surface area contributed by atoms with Crippen LogP contribution < -0.4 is 16.2 Å². The Bertz CT molecular complexity index is 916. The molecular formula is C22H30Cl2N4O3S2. The molecule has 7 nitrogen and oxygen atoms in total. The first-order chi connectivity index (χ1) is 15.7. The maximum Gasteiger partial charge on any atom is 0.302 e. The largest absolute Gasteiger partial charge is 0.466 e. The summed E-state index contributed by atoms with van der Waals surface area (Å²) in [6.07, 6.45) is 5.98. The van der Waals surface area contributed by atoms with Crippen LogP contribution in [0.15, 0.2) is 18.2 Å². The van der Waals surface area contributed by atoms with Crippen molar-refractivity contribution in [3.05, 3.63) is 38.7 Å². The number of halogens is 2. The van der Waals surface area contributed by atoms with Crippen molar-refractivity contribution in [2.24, 2.45) is 11.1 Å². The van der Waals surface area contributed by atoms with E-state index in [-0.39, 0.29) is 23.1 Å². The summed E-state index contributed by atoms with van der Waals surface area (Å²) in [5.41, 5.74) is 6.21. The van der Waals surface area contributed by atoms with Crippen LogP contribution in [0.4, 0.5) is 10.9 Å². The predicted molar refractivity (Wildman–Crippen MR) is 139 cm³/mol. The standard InChI is InChI=1S/C16H17Cl2N3OS.C6H13NO2S/c17-10-7-4-8-11(18)12(10)13(22)14-15(19)21-16(23-14)20-9-5-2-1-3-6-9;1-5(4-10-7)3-9-6(2)8/h4,7-9H,1-3,5-6,19H2,(H,20,21);5H,3-4,7H2,1-2H3. The van der Waals surface area contributed by atoms with E-state index in [1.807, 2.05) is 6.92 Å². The molecule has 5 N–H and O–H groups in total. The second-order valence-electron chi connectivity index (χ2n) is 7.88. The van der Waals surface area contributed by atoms with Crippen LogP contribution in [0.5, 0.6) is 0 Å². The van der Waals surface area contributed by atoms with E-state index in [2.05, 4.69) is 10.3 Å². The molecule has 0 amide bonds. The Kier molecular flexibility index (Phi) is 11.8. The molecule has 1 heterocycles. The van der Waals surface area contributed by atoms with Crippen molar-refractivity contribution in [3.63, 3.8) is 0 Å². The molecule has 1 aliphatic carbocycles. The fourth-order valence-electron chi connectivity index (χ4n) is 3.28. The molecule has 1 fully saturated rings. The number of nitrogen functional groups attached to an aromatic ring is 1. The molecule has 0 bridgehead atoms. The minimum absolute atomic E-state index is 0.217. The highest BCUT2D eigenvalue weighted by molar-refractivity contribution is 7.97. The lowest BCUT2D eigenvalue weighted by molar-refractivity contribution is -0.141. The van der Waals surface area contributed by atoms with Crippen LogP contribution in [0.1, 0.15) is 61.2 Å². The summed E-state index contributed by atoms with van der Waals surface area (Å²) >= 11 is 14.8. The Hall–Kier alpha value is -1.52. The maximum absolute atomic E-state index is 12.7. The number of hydrogen-bond acceptors (Lipinski definition) is 9. The van der Waals surface area contributed by atoms with Crippen LogP contribution in [0.2, 0.25) is 10.0 Å². The van der Waals surface area contributed by atoms with E-state index in [1.165, 1.54) is 49.5 Å². The third-order valence-corrected chi connectivity index (χ3v) is 7.33. The number of esters is 1. The van der Waals surface area contributed by atoms with E-state index in [4.69, 9.17) is 38.8 Å². The van der Waals surface area contributed by atoms with Gasteiger partial charge in [0.25, 0.3) is 0 Å². The van der Waals surface area contributed by atoms with Crippen molar-refractivity contribution in [1.29, 1.82) is 0 Å². The number of rotatable bonds is 8. The average Bonchev–Trinajstić information content (AvgIpc) is 3.13. The number of carbonyl (C=O) groups is 2. The number of nitrogens with two attached hydrogens (primary N) is 2. The second-order valence-corrected chi connectivity index (χ2v) is 10.4. The van der Waals surface area contributed by atoms with Crippen molar-refractivity contribution in [2.45, 2.75) is 52.0 Å². The van der Waals surface area contributed by atoms with Gasteiger partial charge >= 0.3 is 5.97 Å². The first-order valence-corrected chi connectivity index (χ1v) is 13.3. The molecule has 2 aromatic rings. The summed E-state index contributed by atoms with van der Waals surface area (Å²) in [6.45, 7) is 3.87. The van der Waals surface area contributed by atoms with Gasteiger partial charge in [0.05, 0.1) is 22.2 Å². The molecule has 1 aromatic heterocycles. The van der Waals surface area contributed by atoms with Crippen LogP contribution in [-0.2, 0) is 9.53 Å². The minimum atomic E-state index is -0.285. The fourth-order valence-corrected chi connectivity index (χ4v) is 5.18. The van der Waals surface area contributed by atoms with Gasteiger partial charge in [-0.3, -0.25) is 14.7 Å². The summed E-state index contributed by atoms with van der Waals surface area (Å²) in [4.78, 5) is 27.7. The molecule has 0 radical (unpaired) electrons. The van der Waals surface area contributed by atoms with Crippen molar-refractivity contribution in [3.8, 4) is 0 Å². The smallest absolute Gasteiger partial charge is 0.302 e. The Morgan fingerprint density at radius 3 is 2.48 bits per heavy atom. The van der Waals surface area contributed by atoms with Crippen molar-refractivity contribution in [1.82, 2.24) is 4.98 Å². The highest BCUT2D eigenvalue weighted by Gasteiger charge is 2.23. The molecule has 33 heavy (non-hydrogen) atoms. The summed E-state index contributed by atoms with van der Waals surface area (Å²) < 4.78 is 4.75. The predicted octanol–water partition coefficient (Wildman–Crippen LogP) is 5.80. The fraction of sp³-hybridized carbons (Fsp3) is 0.500. The van der Waals surface area contributed by atoms with Crippen LogP contribution in [-0.4, -0.2) is 35.1 Å². The molecule has 1 aromatic carbocycles. The van der Waals surface area contributed by atoms with E-state index in [1.54, 1.807) is 18.2 Å². The quantitative estimate of drug-likeness (QED) is 0.221. The normalized spacial score (nSPS) is 14.7. The lowest BCUT2D eigenvalue weighted by atomic mass is 9.96. The number of benzene rings is 1. The first kappa shape index (κ1) is 27.7. The Labute approximate surface area is 213 Å². The molecule has 1 atom stereocenters. The topological polar surface area (TPSA) is 120 Å². The number of carbonyl (C=O) groups excluding carboxylic acids is 2. The summed E-state index contributed by atoms with van der Waals surface area (Å²) in [5.74, 6) is 0.877. The summed E-state index contributed by atoms with van der Waals surface area (Å²) in [7, 11) is 0. The number of ether oxygens (including phenoxy) is 1. The van der Waals surface area contributed by atoms with E-state index in [0.717, 1.165) is 18.6 Å². The van der Waals surface area contributed by atoms with Crippen molar-refractivity contribution >= 4 is 69.2 Å². The number of anilines is 2. The molecule has 3 rings (SSSR count). The van der Waals surface area contributed by atoms with Crippen LogP contribution in [0.25, 0.3) is 0 Å². The van der Waals surface area contributed by atoms with Gasteiger partial charge in [-0.25, -0.2) is 4.98 Å². The molecule has 1 unspecified atom stereocenters. The van der Waals surface area contributed by atoms with Crippen LogP contribution in [0, 0.1) is 5.92 Å². The molecule has 0 saturated heterocycles. The number of nitrogens with one attached hydrogen (secondary N) is 1. The lowest BCUT2D eigenvalue weighted by Gasteiger charge is -2.22. The van der Waals surface area contributed by atoms with Crippen molar-refractivity contribution < 1.29 is 14.3 Å². The number of ketones is 1. The van der Waals surface area contributed by atoms with Gasteiger partial charge in [0.1, 0.15) is 10.7 Å². The molecule has 1 aliphatic rings. The monoisotopic (exact) mass is 532 g/mol. The number of thiazole rings is 1. The zero-order valence-electron chi connectivity index (χ0n) is 18.7. The van der Waals surface area contributed by atoms with E-state index < -0.39 is 0 Å². The highest BCUT2D eigenvalue weighted by Crippen LogP contribution is 2.33. The zero-order chi connectivity index (χ0) is 24.4. The van der Waals surface area contributed by atoms with Crippen LogP contribution in [0.3, 0.4) is 0 Å². The van der Waals surface area contributed by atoms with Gasteiger partial charge in [-0.2, -0.15) is 0 Å². The highest BCUT2D eigenvalue weighted by atomic mass is 35.5. The third kappa shape index (κ3) is 8.98. The van der Waals surface area contributed by atoms with Gasteiger partial charge in [-0.1, -0.05) is 78.7 Å². The molecule has 11 heteroatoms. The van der Waals surface area contributed by atoms with Crippen LogP contribution >= 0.6 is 46.5 Å². The van der Waals surface area contributed by atoms with Gasteiger partial charge in [0.15, 0.2) is 5.13 Å². The number of hydrogen-bond donors (Lipinski definition) is 3. The average molecular weight is 534 g/mol. The van der Waals surface area contributed by atoms with Gasteiger partial charge in [-0.15, -0.1) is 0 Å². The Morgan fingerprint density at radius 2 is 1.91 bits per heavy atom. The van der Waals surface area contributed by atoms with Gasteiger partial charge in [0.2, 0.25) is 5.78 Å². The van der Waals surface area contributed by atoms with Gasteiger partial charge < -0.3 is 15.8 Å². The van der Waals surface area contributed by atoms with Gasteiger partial charge in [-0.05, 0) is 25.0 Å². The summed E-state index contributed by atoms with van der Waals surface area (Å²) in [6, 6.07) is 5.38.